The van der Waals surface area contributed by atoms with Crippen molar-refractivity contribution in [3.05, 3.63) is 93.8 Å². The molecule has 29 heavy (non-hydrogen) atoms. The molecule has 0 spiro atoms. The number of carbonyl (C=O) groups excluding carboxylic acids is 1. The lowest BCUT2D eigenvalue weighted by Gasteiger charge is -2.22. The molecule has 0 radical (unpaired) electrons. The number of H-pyrrole nitrogens is 1. The molecule has 7 heteroatoms. The molecule has 0 saturated heterocycles. The summed E-state index contributed by atoms with van der Waals surface area (Å²) in [5.74, 6) is -0.553. The molecule has 3 N–H and O–H groups in total. The van der Waals surface area contributed by atoms with Crippen LogP contribution in [0.5, 0.6) is 0 Å². The van der Waals surface area contributed by atoms with E-state index >= 15 is 0 Å². The summed E-state index contributed by atoms with van der Waals surface area (Å²) in [5, 5.41) is 14.8. The van der Waals surface area contributed by atoms with Gasteiger partial charge in [-0.2, -0.15) is 0 Å². The Kier molecular flexibility index (Phi) is 6.82. The van der Waals surface area contributed by atoms with Crippen LogP contribution in [0.15, 0.2) is 72.0 Å². The zero-order valence-corrected chi connectivity index (χ0v) is 16.4. The third-order valence-corrected chi connectivity index (χ3v) is 4.68. The minimum absolute atomic E-state index is 0.0458. The molecule has 6 nitrogen and oxygen atoms in total. The molecular formula is C22H21ClN2O4. The molecule has 3 rings (SSSR count). The van der Waals surface area contributed by atoms with E-state index in [2.05, 4.69) is 16.9 Å². The Morgan fingerprint density at radius 1 is 1.24 bits per heavy atom. The predicted molar refractivity (Wildman–Crippen MR) is 113 cm³/mol. The minimum Gasteiger partial charge on any atom is -0.460 e. The lowest BCUT2D eigenvalue weighted by atomic mass is 10.0. The van der Waals surface area contributed by atoms with Crippen molar-refractivity contribution in [2.24, 2.45) is 0 Å². The van der Waals surface area contributed by atoms with Gasteiger partial charge in [0, 0.05) is 22.0 Å². The fourth-order valence-electron chi connectivity index (χ4n) is 3.05. The number of carbonyl (C=O) groups is 1. The third-order valence-electron chi connectivity index (χ3n) is 4.43. The highest BCUT2D eigenvalue weighted by Crippen LogP contribution is 2.19. The lowest BCUT2D eigenvalue weighted by Crippen LogP contribution is -2.42. The molecule has 0 aliphatic heterocycles. The van der Waals surface area contributed by atoms with Crippen LogP contribution in [0, 0.1) is 0 Å². The van der Waals surface area contributed by atoms with Gasteiger partial charge in [-0.3, -0.25) is 14.9 Å². The first-order valence-electron chi connectivity index (χ1n) is 9.06. The Morgan fingerprint density at radius 3 is 2.69 bits per heavy atom. The number of aliphatic hydroxyl groups excluding tert-OH is 1. The highest BCUT2D eigenvalue weighted by atomic mass is 35.5. The van der Waals surface area contributed by atoms with Crippen molar-refractivity contribution in [2.45, 2.75) is 18.7 Å². The van der Waals surface area contributed by atoms with Crippen LogP contribution in [-0.2, 0) is 16.0 Å². The van der Waals surface area contributed by atoms with Crippen molar-refractivity contribution in [1.82, 2.24) is 10.3 Å². The van der Waals surface area contributed by atoms with Gasteiger partial charge in [0.25, 0.3) is 0 Å². The second-order valence-electron chi connectivity index (χ2n) is 6.50. The second-order valence-corrected chi connectivity index (χ2v) is 6.94. The number of benzene rings is 2. The van der Waals surface area contributed by atoms with Crippen LogP contribution in [0.4, 0.5) is 0 Å². The zero-order chi connectivity index (χ0) is 20.8. The second kappa shape index (κ2) is 9.52. The van der Waals surface area contributed by atoms with E-state index in [1.165, 1.54) is 12.1 Å². The molecule has 0 bridgehead atoms. The molecule has 2 unspecified atom stereocenters. The van der Waals surface area contributed by atoms with Crippen molar-refractivity contribution >= 4 is 28.5 Å². The molecule has 0 fully saturated rings. The van der Waals surface area contributed by atoms with Gasteiger partial charge in [0.2, 0.25) is 5.56 Å². The minimum atomic E-state index is -1.12. The average Bonchev–Trinajstić information content (AvgIpc) is 2.71. The van der Waals surface area contributed by atoms with Gasteiger partial charge in [-0.05, 0) is 35.7 Å². The quantitative estimate of drug-likeness (QED) is 0.300. The van der Waals surface area contributed by atoms with Gasteiger partial charge in [-0.25, -0.2) is 0 Å². The number of rotatable bonds is 8. The maximum atomic E-state index is 12.6. The number of aromatic amines is 1. The Bertz CT molecular complexity index is 1060. The number of fused-ring (bicyclic) bond motifs is 1. The molecule has 0 aliphatic rings. The van der Waals surface area contributed by atoms with Gasteiger partial charge in [-0.1, -0.05) is 54.6 Å². The summed E-state index contributed by atoms with van der Waals surface area (Å²) in [5.41, 5.74) is 1.62. The molecule has 2 atom stereocenters. The van der Waals surface area contributed by atoms with Gasteiger partial charge < -0.3 is 14.8 Å². The first-order valence-corrected chi connectivity index (χ1v) is 9.44. The van der Waals surface area contributed by atoms with E-state index in [4.69, 9.17) is 16.3 Å². The number of hydrogen-bond donors (Lipinski definition) is 3. The van der Waals surface area contributed by atoms with Crippen LogP contribution in [0.3, 0.4) is 0 Å². The number of aromatic nitrogens is 1. The topological polar surface area (TPSA) is 91.4 Å². The smallest absolute Gasteiger partial charge is 0.323 e. The Morgan fingerprint density at radius 2 is 1.97 bits per heavy atom. The Labute approximate surface area is 172 Å². The standard InChI is InChI=1S/C22H21ClN2O4/c1-2-11-29-22(28)19(25-21(27)14-7-9-16(23)10-8-14)12-15-13-20(26)24-18-6-4-3-5-17(15)18/h2-10,13,19,21,25,27H,1,11-12H2,(H,24,26). The van der Waals surface area contributed by atoms with Crippen molar-refractivity contribution in [3.63, 3.8) is 0 Å². The zero-order valence-electron chi connectivity index (χ0n) is 15.6. The fourth-order valence-corrected chi connectivity index (χ4v) is 3.18. The van der Waals surface area contributed by atoms with E-state index in [-0.39, 0.29) is 18.6 Å². The molecule has 1 heterocycles. The van der Waals surface area contributed by atoms with E-state index in [1.807, 2.05) is 18.2 Å². The van der Waals surface area contributed by atoms with E-state index in [1.54, 1.807) is 30.3 Å². The van der Waals surface area contributed by atoms with Crippen LogP contribution in [0.25, 0.3) is 10.9 Å². The van der Waals surface area contributed by atoms with Gasteiger partial charge in [-0.15, -0.1) is 0 Å². The lowest BCUT2D eigenvalue weighted by molar-refractivity contribution is -0.146. The molecule has 0 saturated carbocycles. The number of nitrogens with one attached hydrogen (secondary N) is 2. The summed E-state index contributed by atoms with van der Waals surface area (Å²) >= 11 is 5.89. The molecule has 2 aromatic carbocycles. The molecule has 0 amide bonds. The highest BCUT2D eigenvalue weighted by molar-refractivity contribution is 6.30. The normalized spacial score (nSPS) is 13.0. The third kappa shape index (κ3) is 5.32. The summed E-state index contributed by atoms with van der Waals surface area (Å²) < 4.78 is 5.19. The monoisotopic (exact) mass is 412 g/mol. The van der Waals surface area contributed by atoms with Gasteiger partial charge >= 0.3 is 5.97 Å². The summed E-state index contributed by atoms with van der Waals surface area (Å²) in [6, 6.07) is 14.5. The van der Waals surface area contributed by atoms with Crippen molar-refractivity contribution in [2.75, 3.05) is 6.61 Å². The Balaban J connectivity index is 1.89. The number of pyridine rings is 1. The first kappa shape index (κ1) is 20.8. The number of esters is 1. The number of hydrogen-bond acceptors (Lipinski definition) is 5. The largest absolute Gasteiger partial charge is 0.460 e. The van der Waals surface area contributed by atoms with E-state index in [0.717, 1.165) is 5.39 Å². The maximum absolute atomic E-state index is 12.6. The van der Waals surface area contributed by atoms with Crippen LogP contribution in [0.1, 0.15) is 17.4 Å². The van der Waals surface area contributed by atoms with Gasteiger partial charge in [0.05, 0.1) is 0 Å². The Hall–Kier alpha value is -2.93. The predicted octanol–water partition coefficient (Wildman–Crippen LogP) is 3.10. The SMILES string of the molecule is C=CCOC(=O)C(Cc1cc(=O)[nH]c2ccccc12)NC(O)c1ccc(Cl)cc1. The highest BCUT2D eigenvalue weighted by Gasteiger charge is 2.24. The molecular weight excluding hydrogens is 392 g/mol. The van der Waals surface area contributed by atoms with E-state index < -0.39 is 18.2 Å². The molecule has 1 aromatic heterocycles. The van der Waals surface area contributed by atoms with Crippen LogP contribution in [-0.4, -0.2) is 28.7 Å². The van der Waals surface area contributed by atoms with Crippen molar-refractivity contribution in [3.8, 4) is 0 Å². The van der Waals surface area contributed by atoms with Gasteiger partial charge in [0.1, 0.15) is 18.9 Å². The van der Waals surface area contributed by atoms with Crippen LogP contribution < -0.4 is 10.9 Å². The fraction of sp³-hybridized carbons (Fsp3) is 0.182. The summed E-state index contributed by atoms with van der Waals surface area (Å²) in [4.78, 5) is 27.4. The number of aliphatic hydroxyl groups is 1. The van der Waals surface area contributed by atoms with E-state index in [9.17, 15) is 14.7 Å². The molecule has 3 aromatic rings. The number of ether oxygens (including phenoxy) is 1. The van der Waals surface area contributed by atoms with Crippen molar-refractivity contribution in [1.29, 1.82) is 0 Å². The van der Waals surface area contributed by atoms with E-state index in [0.29, 0.717) is 21.7 Å². The van der Waals surface area contributed by atoms with Crippen LogP contribution >= 0.6 is 11.6 Å². The molecule has 0 aliphatic carbocycles. The average molecular weight is 413 g/mol. The maximum Gasteiger partial charge on any atom is 0.323 e. The summed E-state index contributed by atoms with van der Waals surface area (Å²) in [7, 11) is 0. The summed E-state index contributed by atoms with van der Waals surface area (Å²) in [6.07, 6.45) is 0.500. The van der Waals surface area contributed by atoms with Crippen LogP contribution in [0.2, 0.25) is 5.02 Å². The van der Waals surface area contributed by atoms with Crippen molar-refractivity contribution < 1.29 is 14.6 Å². The molecule has 150 valence electrons. The number of halogens is 1. The number of para-hydroxylation sites is 1. The summed E-state index contributed by atoms with van der Waals surface area (Å²) in [6.45, 7) is 3.59. The van der Waals surface area contributed by atoms with Gasteiger partial charge in [0.15, 0.2) is 0 Å². The first-order chi connectivity index (χ1) is 14.0.